The second kappa shape index (κ2) is 9.43. The molecule has 2 heterocycles. The van der Waals surface area contributed by atoms with Crippen molar-refractivity contribution in [3.63, 3.8) is 0 Å². The normalized spacial score (nSPS) is 10.8. The van der Waals surface area contributed by atoms with Crippen molar-refractivity contribution >= 4 is 29.0 Å². The minimum absolute atomic E-state index is 0.104. The van der Waals surface area contributed by atoms with Crippen molar-refractivity contribution in [3.8, 4) is 11.6 Å². The fourth-order valence-electron chi connectivity index (χ4n) is 2.93. The Bertz CT molecular complexity index is 1240. The number of carbonyl (C=O) groups is 1. The molecule has 2 aromatic carbocycles. The first-order valence-electron chi connectivity index (χ1n) is 9.39. The topological polar surface area (TPSA) is 116 Å². The molecule has 0 aliphatic heterocycles. The van der Waals surface area contributed by atoms with E-state index in [0.29, 0.717) is 23.3 Å². The molecular weight excluding hydrogens is 437 g/mol. The quantitative estimate of drug-likeness (QED) is 0.239. The van der Waals surface area contributed by atoms with Crippen molar-refractivity contribution in [2.75, 3.05) is 11.1 Å². The van der Waals surface area contributed by atoms with Gasteiger partial charge in [-0.2, -0.15) is 0 Å². The highest BCUT2D eigenvalue weighted by atomic mass is 32.2. The lowest BCUT2D eigenvalue weighted by atomic mass is 10.2. The van der Waals surface area contributed by atoms with Crippen molar-refractivity contribution in [2.24, 2.45) is 0 Å². The van der Waals surface area contributed by atoms with Crippen LogP contribution in [-0.4, -0.2) is 31.3 Å². The number of nitrogens with one attached hydrogen (secondary N) is 1. The van der Waals surface area contributed by atoms with Gasteiger partial charge in [-0.15, -0.1) is 10.2 Å². The maximum Gasteiger partial charge on any atom is 0.271 e. The van der Waals surface area contributed by atoms with Crippen LogP contribution in [0.4, 0.5) is 15.8 Å². The Balaban J connectivity index is 1.51. The zero-order valence-corrected chi connectivity index (χ0v) is 17.3. The highest BCUT2D eigenvalue weighted by molar-refractivity contribution is 7.99. The molecule has 0 radical (unpaired) electrons. The Morgan fingerprint density at radius 2 is 1.97 bits per heavy atom. The van der Waals surface area contributed by atoms with Gasteiger partial charge in [0.05, 0.1) is 29.2 Å². The van der Waals surface area contributed by atoms with E-state index < -0.39 is 16.6 Å². The van der Waals surface area contributed by atoms with E-state index in [1.807, 2.05) is 34.9 Å². The summed E-state index contributed by atoms with van der Waals surface area (Å²) in [5.41, 5.74) is 0.428. The molecule has 1 N–H and O–H groups in total. The molecule has 0 aliphatic rings. The smallest absolute Gasteiger partial charge is 0.271 e. The number of amides is 1. The van der Waals surface area contributed by atoms with Gasteiger partial charge in [0.2, 0.25) is 11.7 Å². The zero-order valence-electron chi connectivity index (χ0n) is 16.5. The minimum atomic E-state index is -0.763. The van der Waals surface area contributed by atoms with Gasteiger partial charge in [0, 0.05) is 12.1 Å². The van der Waals surface area contributed by atoms with E-state index in [1.54, 1.807) is 12.1 Å². The summed E-state index contributed by atoms with van der Waals surface area (Å²) in [7, 11) is 0. The zero-order chi connectivity index (χ0) is 22.5. The number of nitro groups is 1. The number of carbonyl (C=O) groups excluding carboxylic acids is 1. The molecule has 4 rings (SSSR count). The third kappa shape index (κ3) is 4.83. The summed E-state index contributed by atoms with van der Waals surface area (Å²) in [4.78, 5) is 22.6. The Morgan fingerprint density at radius 1 is 1.16 bits per heavy atom. The van der Waals surface area contributed by atoms with Crippen LogP contribution in [0.5, 0.6) is 0 Å². The molecule has 0 aliphatic carbocycles. The molecule has 0 fully saturated rings. The van der Waals surface area contributed by atoms with Crippen LogP contribution in [-0.2, 0) is 11.3 Å². The van der Waals surface area contributed by atoms with Crippen LogP contribution < -0.4 is 5.32 Å². The number of hydrogen-bond donors (Lipinski definition) is 1. The molecule has 162 valence electrons. The lowest BCUT2D eigenvalue weighted by Crippen LogP contribution is -2.16. The Morgan fingerprint density at radius 3 is 2.69 bits per heavy atom. The van der Waals surface area contributed by atoms with Crippen molar-refractivity contribution in [2.45, 2.75) is 11.7 Å². The first-order chi connectivity index (χ1) is 15.5. The Kier molecular flexibility index (Phi) is 6.26. The number of thioether (sulfide) groups is 1. The van der Waals surface area contributed by atoms with Gasteiger partial charge < -0.3 is 9.73 Å². The first-order valence-corrected chi connectivity index (χ1v) is 10.4. The molecule has 0 saturated heterocycles. The van der Waals surface area contributed by atoms with Crippen LogP contribution in [0.3, 0.4) is 0 Å². The summed E-state index contributed by atoms with van der Waals surface area (Å²) in [6, 6.07) is 16.1. The maximum atomic E-state index is 13.9. The number of hydrogen-bond acceptors (Lipinski definition) is 7. The fraction of sp³-hybridized carbons (Fsp3) is 0.0952. The fourth-order valence-corrected chi connectivity index (χ4v) is 3.67. The van der Waals surface area contributed by atoms with E-state index in [9.17, 15) is 19.3 Å². The molecule has 0 unspecified atom stereocenters. The summed E-state index contributed by atoms with van der Waals surface area (Å²) < 4.78 is 21.2. The predicted octanol–water partition coefficient (Wildman–Crippen LogP) is 4.36. The molecule has 0 spiro atoms. The second-order valence-electron chi connectivity index (χ2n) is 6.61. The van der Waals surface area contributed by atoms with E-state index in [1.165, 1.54) is 6.26 Å². The Labute approximate surface area is 185 Å². The molecule has 0 saturated carbocycles. The van der Waals surface area contributed by atoms with Gasteiger partial charge in [-0.25, -0.2) is 4.39 Å². The molecule has 11 heteroatoms. The van der Waals surface area contributed by atoms with E-state index in [0.717, 1.165) is 35.5 Å². The molecule has 32 heavy (non-hydrogen) atoms. The molecule has 1 amide bonds. The number of rotatable bonds is 8. The summed E-state index contributed by atoms with van der Waals surface area (Å²) in [6.45, 7) is 0.452. The van der Waals surface area contributed by atoms with Crippen LogP contribution in [0.25, 0.3) is 11.6 Å². The third-order valence-electron chi connectivity index (χ3n) is 4.41. The van der Waals surface area contributed by atoms with Crippen LogP contribution in [0, 0.1) is 15.9 Å². The van der Waals surface area contributed by atoms with Gasteiger partial charge >= 0.3 is 0 Å². The van der Waals surface area contributed by atoms with Gasteiger partial charge in [0.15, 0.2) is 10.9 Å². The van der Waals surface area contributed by atoms with Gasteiger partial charge in [-0.3, -0.25) is 19.5 Å². The van der Waals surface area contributed by atoms with Crippen molar-refractivity contribution < 1.29 is 18.5 Å². The average Bonchev–Trinajstić information content (AvgIpc) is 3.44. The van der Waals surface area contributed by atoms with Crippen LogP contribution in [0.15, 0.2) is 76.5 Å². The van der Waals surface area contributed by atoms with Crippen LogP contribution >= 0.6 is 11.8 Å². The minimum Gasteiger partial charge on any atom is -0.461 e. The number of halogens is 1. The third-order valence-corrected chi connectivity index (χ3v) is 5.38. The van der Waals surface area contributed by atoms with E-state index in [4.69, 9.17) is 4.42 Å². The number of furan rings is 1. The highest BCUT2D eigenvalue weighted by Gasteiger charge is 2.19. The van der Waals surface area contributed by atoms with Crippen LogP contribution in [0.1, 0.15) is 5.56 Å². The SMILES string of the molecule is O=C(CSc1nnc(-c2ccco2)n1Cc1ccccc1)Nc1cc([N+](=O)[O-])ccc1F. The van der Waals surface area contributed by atoms with Crippen molar-refractivity contribution in [3.05, 3.63) is 88.4 Å². The molecule has 2 aromatic heterocycles. The standard InChI is InChI=1S/C21H16FN5O4S/c22-16-9-8-15(27(29)30)11-17(16)23-19(28)13-32-21-25-24-20(18-7-4-10-31-18)26(21)12-14-5-2-1-3-6-14/h1-11H,12-13H2,(H,23,28). The van der Waals surface area contributed by atoms with Gasteiger partial charge in [0.25, 0.3) is 5.69 Å². The average molecular weight is 453 g/mol. The number of benzene rings is 2. The monoisotopic (exact) mass is 453 g/mol. The second-order valence-corrected chi connectivity index (χ2v) is 7.56. The largest absolute Gasteiger partial charge is 0.461 e. The summed E-state index contributed by atoms with van der Waals surface area (Å²) in [5, 5.41) is 22.1. The number of anilines is 1. The number of nitro benzene ring substituents is 1. The highest BCUT2D eigenvalue weighted by Crippen LogP contribution is 2.26. The van der Waals surface area contributed by atoms with Gasteiger partial charge in [-0.1, -0.05) is 42.1 Å². The van der Waals surface area contributed by atoms with Crippen LogP contribution in [0.2, 0.25) is 0 Å². The molecule has 0 bridgehead atoms. The molecular formula is C21H16FN5O4S. The first kappa shape index (κ1) is 21.2. The van der Waals surface area contributed by atoms with E-state index in [2.05, 4.69) is 15.5 Å². The number of nitrogens with zero attached hydrogens (tertiary/aromatic N) is 4. The predicted molar refractivity (Wildman–Crippen MR) is 116 cm³/mol. The van der Waals surface area contributed by atoms with Gasteiger partial charge in [0.1, 0.15) is 5.82 Å². The molecule has 0 atom stereocenters. The lowest BCUT2D eigenvalue weighted by Gasteiger charge is -2.10. The lowest BCUT2D eigenvalue weighted by molar-refractivity contribution is -0.384. The van der Waals surface area contributed by atoms with E-state index in [-0.39, 0.29) is 17.1 Å². The maximum absolute atomic E-state index is 13.9. The summed E-state index contributed by atoms with van der Waals surface area (Å²) in [5.74, 6) is -0.368. The molecule has 4 aromatic rings. The van der Waals surface area contributed by atoms with Gasteiger partial charge in [-0.05, 0) is 23.8 Å². The number of aromatic nitrogens is 3. The van der Waals surface area contributed by atoms with Crippen molar-refractivity contribution in [1.29, 1.82) is 0 Å². The Hall–Kier alpha value is -3.99. The molecule has 9 nitrogen and oxygen atoms in total. The summed E-state index contributed by atoms with van der Waals surface area (Å²) >= 11 is 1.11. The summed E-state index contributed by atoms with van der Waals surface area (Å²) in [6.07, 6.45) is 1.53. The van der Waals surface area contributed by atoms with E-state index >= 15 is 0 Å². The van der Waals surface area contributed by atoms with Crippen molar-refractivity contribution in [1.82, 2.24) is 14.8 Å². The number of non-ortho nitro benzene ring substituents is 1.